The highest BCUT2D eigenvalue weighted by Gasteiger charge is 2.20. The Morgan fingerprint density at radius 2 is 1.93 bits per heavy atom. The molecule has 0 fully saturated rings. The van der Waals surface area contributed by atoms with Gasteiger partial charge in [-0.3, -0.25) is 9.59 Å². The highest BCUT2D eigenvalue weighted by atomic mass is 35.5. The summed E-state index contributed by atoms with van der Waals surface area (Å²) < 4.78 is 6.64. The van der Waals surface area contributed by atoms with Crippen LogP contribution >= 0.6 is 11.6 Å². The number of aryl methyl sites for hydroxylation is 1. The number of amides is 2. The van der Waals surface area contributed by atoms with E-state index in [0.29, 0.717) is 28.8 Å². The van der Waals surface area contributed by atoms with Crippen LogP contribution in [0.1, 0.15) is 23.0 Å². The van der Waals surface area contributed by atoms with Gasteiger partial charge in [-0.25, -0.2) is 4.68 Å². The van der Waals surface area contributed by atoms with Gasteiger partial charge in [-0.2, -0.15) is 0 Å². The number of nitrogens with zero attached hydrogens (tertiary/aromatic N) is 3. The second-order valence-corrected chi connectivity index (χ2v) is 6.81. The Morgan fingerprint density at radius 3 is 2.70 bits per heavy atom. The Labute approximate surface area is 178 Å². The van der Waals surface area contributed by atoms with Gasteiger partial charge in [0.2, 0.25) is 5.91 Å². The maximum Gasteiger partial charge on any atom is 0.280 e. The highest BCUT2D eigenvalue weighted by Crippen LogP contribution is 2.25. The highest BCUT2D eigenvalue weighted by molar-refractivity contribution is 6.31. The number of hydrogen-bond acceptors (Lipinski definition) is 6. The zero-order valence-corrected chi connectivity index (χ0v) is 17.2. The average molecular weight is 429 g/mol. The molecule has 2 amide bonds. The molecule has 3 rings (SSSR count). The van der Waals surface area contributed by atoms with Gasteiger partial charge in [0.05, 0.1) is 12.3 Å². The first-order valence-electron chi connectivity index (χ1n) is 9.17. The van der Waals surface area contributed by atoms with Crippen molar-refractivity contribution in [2.45, 2.75) is 20.4 Å². The number of aromatic nitrogens is 3. The predicted octanol–water partition coefficient (Wildman–Crippen LogP) is 3.11. The summed E-state index contributed by atoms with van der Waals surface area (Å²) in [6.45, 7) is 3.93. The second-order valence-electron chi connectivity index (χ2n) is 6.37. The first-order chi connectivity index (χ1) is 14.4. The molecule has 0 unspecified atom stereocenters. The van der Waals surface area contributed by atoms with Crippen LogP contribution < -0.4 is 21.1 Å². The lowest BCUT2D eigenvalue weighted by molar-refractivity contribution is -0.116. The third-order valence-corrected chi connectivity index (χ3v) is 4.43. The normalized spacial score (nSPS) is 10.5. The molecule has 0 radical (unpaired) electrons. The molecule has 2 aromatic carbocycles. The lowest BCUT2D eigenvalue weighted by atomic mass is 10.2. The van der Waals surface area contributed by atoms with Crippen LogP contribution in [0.2, 0.25) is 5.02 Å². The summed E-state index contributed by atoms with van der Waals surface area (Å²) >= 11 is 5.97. The first kappa shape index (κ1) is 21.1. The molecule has 30 heavy (non-hydrogen) atoms. The van der Waals surface area contributed by atoms with Crippen molar-refractivity contribution in [2.24, 2.45) is 0 Å². The topological polar surface area (TPSA) is 124 Å². The minimum atomic E-state index is -0.558. The molecule has 1 heterocycles. The molecule has 10 heteroatoms. The Balaban J connectivity index is 1.70. The van der Waals surface area contributed by atoms with E-state index in [9.17, 15) is 9.59 Å². The van der Waals surface area contributed by atoms with Crippen LogP contribution in [-0.2, 0) is 11.3 Å². The zero-order valence-electron chi connectivity index (χ0n) is 16.5. The fourth-order valence-corrected chi connectivity index (χ4v) is 2.86. The average Bonchev–Trinajstić information content (AvgIpc) is 3.06. The SMILES string of the molecule is CCOc1ccccc1NC(=O)c1nnn(CC(=O)Nc2cc(Cl)ccc2C)c1N. The molecular weight excluding hydrogens is 408 g/mol. The van der Waals surface area contributed by atoms with Gasteiger partial charge in [0.1, 0.15) is 12.3 Å². The van der Waals surface area contributed by atoms with Crippen LogP contribution in [0.15, 0.2) is 42.5 Å². The number of carbonyl (C=O) groups is 2. The standard InChI is InChI=1S/C20H21ClN6O3/c1-3-30-16-7-5-4-6-14(16)24-20(29)18-19(22)27(26-25-18)11-17(28)23-15-10-13(21)9-8-12(15)2/h4-10H,3,11,22H2,1-2H3,(H,23,28)(H,24,29). The number of rotatable bonds is 7. The maximum atomic E-state index is 12.6. The van der Waals surface area contributed by atoms with E-state index in [0.717, 1.165) is 10.2 Å². The monoisotopic (exact) mass is 428 g/mol. The summed E-state index contributed by atoms with van der Waals surface area (Å²) in [5, 5.41) is 13.6. The van der Waals surface area contributed by atoms with E-state index in [-0.39, 0.29) is 24.0 Å². The van der Waals surface area contributed by atoms with Crippen molar-refractivity contribution in [3.8, 4) is 5.75 Å². The maximum absolute atomic E-state index is 12.6. The predicted molar refractivity (Wildman–Crippen MR) is 115 cm³/mol. The summed E-state index contributed by atoms with van der Waals surface area (Å²) in [7, 11) is 0. The van der Waals surface area contributed by atoms with Gasteiger partial charge in [0.25, 0.3) is 5.91 Å². The van der Waals surface area contributed by atoms with E-state index in [2.05, 4.69) is 20.9 Å². The molecule has 1 aromatic heterocycles. The summed E-state index contributed by atoms with van der Waals surface area (Å²) in [4.78, 5) is 25.0. The molecule has 0 spiro atoms. The second kappa shape index (κ2) is 9.27. The third-order valence-electron chi connectivity index (χ3n) is 4.19. The summed E-state index contributed by atoms with van der Waals surface area (Å²) in [6, 6.07) is 12.2. The van der Waals surface area contributed by atoms with Gasteiger partial charge < -0.3 is 21.1 Å². The Morgan fingerprint density at radius 1 is 1.17 bits per heavy atom. The van der Waals surface area contributed by atoms with Gasteiger partial charge in [-0.1, -0.05) is 35.0 Å². The molecule has 0 aliphatic rings. The van der Waals surface area contributed by atoms with Crippen molar-refractivity contribution < 1.29 is 14.3 Å². The van der Waals surface area contributed by atoms with Crippen LogP contribution in [0.5, 0.6) is 5.75 Å². The lowest BCUT2D eigenvalue weighted by Gasteiger charge is -2.11. The van der Waals surface area contributed by atoms with E-state index >= 15 is 0 Å². The molecule has 9 nitrogen and oxygen atoms in total. The largest absolute Gasteiger partial charge is 0.492 e. The molecule has 156 valence electrons. The molecule has 3 aromatic rings. The van der Waals surface area contributed by atoms with Gasteiger partial charge in [0, 0.05) is 10.7 Å². The minimum absolute atomic E-state index is 0.0284. The quantitative estimate of drug-likeness (QED) is 0.531. The fourth-order valence-electron chi connectivity index (χ4n) is 2.69. The number of nitrogens with two attached hydrogens (primary N) is 1. The number of hydrogen-bond donors (Lipinski definition) is 3. The Hall–Kier alpha value is -3.59. The number of halogens is 1. The van der Waals surface area contributed by atoms with Crippen LogP contribution in [0.25, 0.3) is 0 Å². The smallest absolute Gasteiger partial charge is 0.280 e. The Bertz CT molecular complexity index is 1080. The summed E-state index contributed by atoms with van der Waals surface area (Å²) in [5.41, 5.74) is 7.82. The van der Waals surface area contributed by atoms with E-state index in [1.165, 1.54) is 0 Å². The van der Waals surface area contributed by atoms with Crippen molar-refractivity contribution >= 4 is 40.6 Å². The molecule has 0 aliphatic carbocycles. The van der Waals surface area contributed by atoms with Crippen LogP contribution in [0, 0.1) is 6.92 Å². The number of benzene rings is 2. The van der Waals surface area contributed by atoms with E-state index in [4.69, 9.17) is 22.1 Å². The van der Waals surface area contributed by atoms with Crippen molar-refractivity contribution in [1.82, 2.24) is 15.0 Å². The minimum Gasteiger partial charge on any atom is -0.492 e. The van der Waals surface area contributed by atoms with Gasteiger partial charge in [0.15, 0.2) is 11.5 Å². The number of nitrogens with one attached hydrogen (secondary N) is 2. The third kappa shape index (κ3) is 4.87. The van der Waals surface area contributed by atoms with E-state index in [1.54, 1.807) is 42.5 Å². The number of carbonyl (C=O) groups excluding carboxylic acids is 2. The van der Waals surface area contributed by atoms with Crippen molar-refractivity contribution in [3.05, 3.63) is 58.7 Å². The van der Waals surface area contributed by atoms with Gasteiger partial charge in [-0.05, 0) is 43.7 Å². The molecule has 0 bridgehead atoms. The van der Waals surface area contributed by atoms with Crippen LogP contribution in [0.4, 0.5) is 17.2 Å². The molecule has 0 saturated carbocycles. The molecule has 0 aliphatic heterocycles. The van der Waals surface area contributed by atoms with Crippen LogP contribution in [0.3, 0.4) is 0 Å². The fraction of sp³-hybridized carbons (Fsp3) is 0.200. The lowest BCUT2D eigenvalue weighted by Crippen LogP contribution is -2.22. The number of ether oxygens (including phenoxy) is 1. The van der Waals surface area contributed by atoms with Gasteiger partial charge in [-0.15, -0.1) is 5.10 Å². The van der Waals surface area contributed by atoms with Crippen molar-refractivity contribution in [1.29, 1.82) is 0 Å². The van der Waals surface area contributed by atoms with Gasteiger partial charge >= 0.3 is 0 Å². The molecular formula is C20H21ClN6O3. The number of anilines is 3. The van der Waals surface area contributed by atoms with Crippen molar-refractivity contribution in [3.63, 3.8) is 0 Å². The van der Waals surface area contributed by atoms with E-state index in [1.807, 2.05) is 13.8 Å². The summed E-state index contributed by atoms with van der Waals surface area (Å²) in [6.07, 6.45) is 0. The van der Waals surface area contributed by atoms with Crippen LogP contribution in [-0.4, -0.2) is 33.4 Å². The molecule has 4 N–H and O–H groups in total. The zero-order chi connectivity index (χ0) is 21.7. The van der Waals surface area contributed by atoms with E-state index < -0.39 is 5.91 Å². The number of para-hydroxylation sites is 2. The molecule has 0 saturated heterocycles. The van der Waals surface area contributed by atoms with Crippen molar-refractivity contribution in [2.75, 3.05) is 23.0 Å². The first-order valence-corrected chi connectivity index (χ1v) is 9.55. The number of nitrogen functional groups attached to an aromatic ring is 1. The molecule has 0 atom stereocenters. The summed E-state index contributed by atoms with van der Waals surface area (Å²) in [5.74, 6) is -0.447. The Kier molecular flexibility index (Phi) is 6.53.